The molecule has 3 heteroatoms. The van der Waals surface area contributed by atoms with Crippen molar-refractivity contribution < 1.29 is 0 Å². The van der Waals surface area contributed by atoms with E-state index >= 15 is 0 Å². The second-order valence-corrected chi connectivity index (χ2v) is 8.62. The third kappa shape index (κ3) is 2.98. The highest BCUT2D eigenvalue weighted by atomic mass is 32.2. The van der Waals surface area contributed by atoms with Gasteiger partial charge in [0.25, 0.3) is 0 Å². The number of fused-ring (bicyclic) bond motifs is 1. The maximum atomic E-state index is 3.46. The Morgan fingerprint density at radius 1 is 1.18 bits per heavy atom. The van der Waals surface area contributed by atoms with E-state index in [1.807, 2.05) is 0 Å². The molecule has 2 heterocycles. The highest BCUT2D eigenvalue weighted by Crippen LogP contribution is 2.51. The van der Waals surface area contributed by atoms with E-state index < -0.39 is 0 Å². The Balaban J connectivity index is 1.59. The molecule has 0 aromatic carbocycles. The second-order valence-electron chi connectivity index (χ2n) is 5.98. The monoisotopic (exact) mass is 271 g/mol. The Kier molecular flexibility index (Phi) is 4.29. The number of hydrogen-bond acceptors (Lipinski definition) is 3. The van der Waals surface area contributed by atoms with Gasteiger partial charge in [0.1, 0.15) is 0 Å². The molecule has 2 saturated heterocycles. The molecule has 0 spiro atoms. The molecule has 3 rings (SSSR count). The van der Waals surface area contributed by atoms with Gasteiger partial charge in [-0.3, -0.25) is 0 Å². The topological polar surface area (TPSA) is 12.0 Å². The normalized spacial score (nSPS) is 41.5. The summed E-state index contributed by atoms with van der Waals surface area (Å²) < 4.78 is 0. The number of rotatable bonds is 5. The Morgan fingerprint density at radius 2 is 2.06 bits per heavy atom. The van der Waals surface area contributed by atoms with E-state index in [1.165, 1.54) is 50.2 Å². The summed E-state index contributed by atoms with van der Waals surface area (Å²) in [5.74, 6) is 5.95. The van der Waals surface area contributed by atoms with Gasteiger partial charge in [-0.05, 0) is 56.4 Å². The molecule has 0 radical (unpaired) electrons. The van der Waals surface area contributed by atoms with Crippen LogP contribution in [0.1, 0.15) is 32.1 Å². The fraction of sp³-hybridized carbons (Fsp3) is 1.00. The Hall–Kier alpha value is 0.660. The van der Waals surface area contributed by atoms with Crippen molar-refractivity contribution in [3.63, 3.8) is 0 Å². The van der Waals surface area contributed by atoms with E-state index in [-0.39, 0.29) is 0 Å². The minimum absolute atomic E-state index is 0.967. The van der Waals surface area contributed by atoms with Crippen LogP contribution >= 0.6 is 23.5 Å². The predicted molar refractivity (Wildman–Crippen MR) is 80.0 cm³/mol. The molecule has 1 N–H and O–H groups in total. The molecule has 3 aliphatic rings. The highest BCUT2D eigenvalue weighted by Gasteiger charge is 2.44. The molecule has 17 heavy (non-hydrogen) atoms. The van der Waals surface area contributed by atoms with Crippen molar-refractivity contribution >= 4 is 23.5 Å². The average Bonchev–Trinajstić information content (AvgIpc) is 3.11. The molecule has 4 atom stereocenters. The van der Waals surface area contributed by atoms with Crippen LogP contribution in [-0.4, -0.2) is 35.6 Å². The molecule has 1 aliphatic carbocycles. The summed E-state index contributed by atoms with van der Waals surface area (Å²) in [5.41, 5.74) is 0. The Bertz CT molecular complexity index is 255. The van der Waals surface area contributed by atoms with Gasteiger partial charge in [0.2, 0.25) is 0 Å². The van der Waals surface area contributed by atoms with Crippen LogP contribution in [0.2, 0.25) is 0 Å². The molecule has 1 nitrogen and oxygen atoms in total. The smallest absolute Gasteiger partial charge is 0.0173 e. The molecule has 1 saturated carbocycles. The lowest BCUT2D eigenvalue weighted by molar-refractivity contribution is 0.317. The molecule has 0 amide bonds. The predicted octanol–water partition coefficient (Wildman–Crippen LogP) is 3.25. The van der Waals surface area contributed by atoms with Crippen molar-refractivity contribution in [1.29, 1.82) is 0 Å². The number of hydrogen-bond donors (Lipinski definition) is 1. The van der Waals surface area contributed by atoms with Crippen LogP contribution in [-0.2, 0) is 0 Å². The van der Waals surface area contributed by atoms with E-state index in [9.17, 15) is 0 Å². The Morgan fingerprint density at radius 3 is 2.82 bits per heavy atom. The lowest BCUT2D eigenvalue weighted by Crippen LogP contribution is -2.33. The summed E-state index contributed by atoms with van der Waals surface area (Å²) >= 11 is 4.54. The van der Waals surface area contributed by atoms with Crippen LogP contribution in [0.4, 0.5) is 0 Å². The summed E-state index contributed by atoms with van der Waals surface area (Å²) in [7, 11) is 2.13. The van der Waals surface area contributed by atoms with Gasteiger partial charge in [0.15, 0.2) is 0 Å². The van der Waals surface area contributed by atoms with Crippen molar-refractivity contribution in [2.45, 2.75) is 42.6 Å². The fourth-order valence-corrected chi connectivity index (χ4v) is 7.02. The van der Waals surface area contributed by atoms with E-state index in [4.69, 9.17) is 0 Å². The molecule has 4 unspecified atom stereocenters. The summed E-state index contributed by atoms with van der Waals surface area (Å²) in [4.78, 5) is 0. The van der Waals surface area contributed by atoms with Gasteiger partial charge < -0.3 is 5.32 Å². The first kappa shape index (κ1) is 12.7. The largest absolute Gasteiger partial charge is 0.319 e. The SMILES string of the molecule is CNCC1C(CCC2CC2)SC2CSCCC21. The van der Waals surface area contributed by atoms with E-state index in [1.54, 1.807) is 0 Å². The summed E-state index contributed by atoms with van der Waals surface area (Å²) in [6, 6.07) is 0. The van der Waals surface area contributed by atoms with Crippen LogP contribution in [0.3, 0.4) is 0 Å². The van der Waals surface area contributed by atoms with Crippen LogP contribution in [0.15, 0.2) is 0 Å². The molecule has 0 bridgehead atoms. The second kappa shape index (κ2) is 5.75. The van der Waals surface area contributed by atoms with Crippen LogP contribution < -0.4 is 5.32 Å². The summed E-state index contributed by atoms with van der Waals surface area (Å²) in [6.07, 6.45) is 7.55. The minimum Gasteiger partial charge on any atom is -0.319 e. The first-order valence-corrected chi connectivity index (χ1v) is 9.36. The lowest BCUT2D eigenvalue weighted by Gasteiger charge is -2.28. The first-order chi connectivity index (χ1) is 8.38. The molecule has 2 aliphatic heterocycles. The average molecular weight is 271 g/mol. The quantitative estimate of drug-likeness (QED) is 0.824. The zero-order chi connectivity index (χ0) is 11.7. The van der Waals surface area contributed by atoms with Gasteiger partial charge in [-0.25, -0.2) is 0 Å². The van der Waals surface area contributed by atoms with Crippen LogP contribution in [0.5, 0.6) is 0 Å². The van der Waals surface area contributed by atoms with Gasteiger partial charge >= 0.3 is 0 Å². The molecule has 0 aromatic rings. The van der Waals surface area contributed by atoms with Gasteiger partial charge in [-0.2, -0.15) is 23.5 Å². The molecular weight excluding hydrogens is 246 g/mol. The van der Waals surface area contributed by atoms with Crippen LogP contribution in [0, 0.1) is 17.8 Å². The Labute approximate surface area is 114 Å². The van der Waals surface area contributed by atoms with E-state index in [2.05, 4.69) is 35.9 Å². The zero-order valence-electron chi connectivity index (χ0n) is 10.9. The maximum absolute atomic E-state index is 3.46. The third-order valence-corrected chi connectivity index (χ3v) is 7.86. The van der Waals surface area contributed by atoms with Gasteiger partial charge in [-0.1, -0.05) is 12.8 Å². The third-order valence-electron chi connectivity index (χ3n) is 4.73. The first-order valence-electron chi connectivity index (χ1n) is 7.26. The van der Waals surface area contributed by atoms with E-state index in [0.717, 1.165) is 28.3 Å². The van der Waals surface area contributed by atoms with Crippen molar-refractivity contribution in [1.82, 2.24) is 5.32 Å². The molecule has 98 valence electrons. The molecule has 0 aromatic heterocycles. The van der Waals surface area contributed by atoms with Crippen molar-refractivity contribution in [2.75, 3.05) is 25.1 Å². The van der Waals surface area contributed by atoms with Crippen molar-refractivity contribution in [3.05, 3.63) is 0 Å². The van der Waals surface area contributed by atoms with Gasteiger partial charge in [-0.15, -0.1) is 0 Å². The molecular formula is C14H25NS2. The van der Waals surface area contributed by atoms with E-state index in [0.29, 0.717) is 0 Å². The van der Waals surface area contributed by atoms with Crippen molar-refractivity contribution in [3.8, 4) is 0 Å². The maximum Gasteiger partial charge on any atom is 0.0173 e. The number of nitrogens with one attached hydrogen (secondary N) is 1. The summed E-state index contributed by atoms with van der Waals surface area (Å²) in [5, 5.41) is 5.41. The number of thioether (sulfide) groups is 2. The summed E-state index contributed by atoms with van der Waals surface area (Å²) in [6.45, 7) is 1.26. The van der Waals surface area contributed by atoms with Crippen molar-refractivity contribution in [2.24, 2.45) is 17.8 Å². The van der Waals surface area contributed by atoms with Gasteiger partial charge in [0.05, 0.1) is 0 Å². The lowest BCUT2D eigenvalue weighted by atomic mass is 9.83. The van der Waals surface area contributed by atoms with Gasteiger partial charge in [0, 0.05) is 16.3 Å². The fourth-order valence-electron chi connectivity index (χ4n) is 3.57. The molecule has 3 fully saturated rings. The standard InChI is InChI=1S/C14H25NS2/c1-15-8-12-11-6-7-16-9-14(11)17-13(12)5-4-10-2-3-10/h10-15H,2-9H2,1H3. The highest BCUT2D eigenvalue weighted by molar-refractivity contribution is 8.04. The minimum atomic E-state index is 0.967. The zero-order valence-corrected chi connectivity index (χ0v) is 12.5. The van der Waals surface area contributed by atoms with Crippen LogP contribution in [0.25, 0.3) is 0 Å².